The number of rotatable bonds is 12. The van der Waals surface area contributed by atoms with Gasteiger partial charge in [-0.05, 0) is 67.2 Å². The smallest absolute Gasteiger partial charge is 0.407 e. The van der Waals surface area contributed by atoms with Crippen molar-refractivity contribution >= 4 is 17.9 Å². The van der Waals surface area contributed by atoms with Crippen molar-refractivity contribution in [1.82, 2.24) is 40.0 Å². The number of carbonyl (C=O) groups excluding carboxylic acids is 2. The molecule has 6 rings (SSSR count). The maximum Gasteiger partial charge on any atom is 0.407 e. The highest BCUT2D eigenvalue weighted by atomic mass is 16.4. The lowest BCUT2D eigenvalue weighted by atomic mass is 10.0. The molecule has 2 fully saturated rings. The van der Waals surface area contributed by atoms with Crippen LogP contribution in [0.3, 0.4) is 0 Å². The van der Waals surface area contributed by atoms with Gasteiger partial charge in [-0.25, -0.2) is 14.8 Å². The molecule has 0 bridgehead atoms. The average Bonchev–Trinajstić information content (AvgIpc) is 3.97. The number of aromatic nitrogens is 4. The lowest BCUT2D eigenvalue weighted by molar-refractivity contribution is -0.138. The number of H-pyrrole nitrogens is 2. The number of hydrogen-bond donors (Lipinski definition) is 4. The van der Waals surface area contributed by atoms with Gasteiger partial charge in [0, 0.05) is 26.2 Å². The van der Waals surface area contributed by atoms with Gasteiger partial charge >= 0.3 is 6.09 Å². The van der Waals surface area contributed by atoms with Gasteiger partial charge in [-0.3, -0.25) is 14.5 Å². The summed E-state index contributed by atoms with van der Waals surface area (Å²) in [7, 11) is 1.46. The maximum absolute atomic E-state index is 13.6. The van der Waals surface area contributed by atoms with Gasteiger partial charge in [0.2, 0.25) is 11.8 Å². The van der Waals surface area contributed by atoms with Crippen molar-refractivity contribution in [3.05, 3.63) is 72.6 Å². The molecule has 4 N–H and O–H groups in total. The topological polar surface area (TPSA) is 151 Å². The van der Waals surface area contributed by atoms with Crippen LogP contribution in [0, 0.1) is 5.92 Å². The van der Waals surface area contributed by atoms with Crippen LogP contribution < -0.4 is 5.32 Å². The molecule has 0 aliphatic carbocycles. The highest BCUT2D eigenvalue weighted by Crippen LogP contribution is 2.35. The van der Waals surface area contributed by atoms with E-state index in [4.69, 9.17) is 0 Å². The fourth-order valence-electron chi connectivity index (χ4n) is 7.35. The van der Waals surface area contributed by atoms with E-state index < -0.39 is 12.1 Å². The van der Waals surface area contributed by atoms with Crippen LogP contribution in [0.1, 0.15) is 83.5 Å². The fourth-order valence-corrected chi connectivity index (χ4v) is 7.35. The Morgan fingerprint density at radius 2 is 1.29 bits per heavy atom. The molecule has 1 unspecified atom stereocenters. The molecule has 270 valence electrons. The molecule has 2 aromatic heterocycles. The third kappa shape index (κ3) is 7.70. The van der Waals surface area contributed by atoms with Gasteiger partial charge in [-0.2, -0.15) is 0 Å². The molecule has 0 saturated carbocycles. The predicted octanol–water partition coefficient (Wildman–Crippen LogP) is 6.48. The largest absolute Gasteiger partial charge is 0.465 e. The molecule has 2 saturated heterocycles. The first-order valence-corrected chi connectivity index (χ1v) is 18.2. The number of hydrogen-bond acceptors (Lipinski definition) is 6. The number of likely N-dealkylation sites (N-methyl/N-ethyl adjacent to an activating group) is 1. The summed E-state index contributed by atoms with van der Waals surface area (Å²) in [6.45, 7) is 9.62. The Morgan fingerprint density at radius 3 is 1.76 bits per heavy atom. The lowest BCUT2D eigenvalue weighted by Gasteiger charge is -2.33. The van der Waals surface area contributed by atoms with Gasteiger partial charge in [0.05, 0.1) is 42.4 Å². The first-order chi connectivity index (χ1) is 24.5. The second-order valence-corrected chi connectivity index (χ2v) is 14.2. The quantitative estimate of drug-likeness (QED) is 0.133. The summed E-state index contributed by atoms with van der Waals surface area (Å²) in [4.78, 5) is 59.3. The standard InChI is InChI=1S/C39H50N8O4/c1-6-25(4)40-23-34(48)46-19-7-9-32(46)36-41-21-30(43-36)28-15-11-26(12-16-28)27-13-17-29(18-14-27)31-22-42-37(44-31)33-10-8-20-47(33)38(49)35(24(2)3)45(5)39(50)51/h11-18,21-22,24-25,32-33,35,40H,6-10,19-20,23H2,1-5H3,(H,41,43)(H,42,44)(H,50,51)/t25?,32-,33-,35-/m0/s1. The van der Waals surface area contributed by atoms with Gasteiger partial charge in [-0.1, -0.05) is 69.3 Å². The molecular formula is C39H50N8O4. The van der Waals surface area contributed by atoms with Crippen molar-refractivity contribution < 1.29 is 19.5 Å². The number of aromatic amines is 2. The van der Waals surface area contributed by atoms with Crippen LogP contribution in [-0.4, -0.2) is 96.4 Å². The summed E-state index contributed by atoms with van der Waals surface area (Å²) < 4.78 is 0. The summed E-state index contributed by atoms with van der Waals surface area (Å²) in [5.41, 5.74) is 5.96. The Bertz CT molecular complexity index is 1810. The first-order valence-electron chi connectivity index (χ1n) is 18.2. The van der Waals surface area contributed by atoms with Crippen molar-refractivity contribution in [2.45, 2.75) is 84.0 Å². The number of nitrogens with one attached hydrogen (secondary N) is 3. The number of carbonyl (C=O) groups is 3. The van der Waals surface area contributed by atoms with Crippen LogP contribution in [0.2, 0.25) is 0 Å². The summed E-state index contributed by atoms with van der Waals surface area (Å²) in [6.07, 6.45) is 7.00. The first kappa shape index (κ1) is 35.8. The van der Waals surface area contributed by atoms with E-state index in [1.54, 1.807) is 11.1 Å². The third-order valence-corrected chi connectivity index (χ3v) is 10.5. The van der Waals surface area contributed by atoms with Crippen molar-refractivity contribution in [1.29, 1.82) is 0 Å². The molecule has 3 amide bonds. The lowest BCUT2D eigenvalue weighted by Crippen LogP contribution is -2.51. The molecule has 2 aliphatic rings. The number of likely N-dealkylation sites (tertiary alicyclic amines) is 2. The van der Waals surface area contributed by atoms with Gasteiger partial charge in [0.25, 0.3) is 0 Å². The van der Waals surface area contributed by atoms with Gasteiger partial charge in [0.15, 0.2) is 0 Å². The van der Waals surface area contributed by atoms with E-state index in [1.807, 2.05) is 24.9 Å². The predicted molar refractivity (Wildman–Crippen MR) is 197 cm³/mol. The number of amides is 3. The third-order valence-electron chi connectivity index (χ3n) is 10.5. The van der Waals surface area contributed by atoms with E-state index in [1.165, 1.54) is 7.05 Å². The Labute approximate surface area is 299 Å². The van der Waals surface area contributed by atoms with E-state index in [9.17, 15) is 19.5 Å². The number of imidazole rings is 2. The minimum atomic E-state index is -1.11. The molecule has 4 heterocycles. The molecular weight excluding hydrogens is 644 g/mol. The molecule has 12 heteroatoms. The molecule has 51 heavy (non-hydrogen) atoms. The number of carboxylic acid groups (broad SMARTS) is 1. The van der Waals surface area contributed by atoms with Crippen molar-refractivity contribution in [3.63, 3.8) is 0 Å². The van der Waals surface area contributed by atoms with Crippen LogP contribution in [0.4, 0.5) is 4.79 Å². The zero-order valence-electron chi connectivity index (χ0n) is 30.2. The molecule has 4 atom stereocenters. The highest BCUT2D eigenvalue weighted by Gasteiger charge is 2.39. The van der Waals surface area contributed by atoms with Crippen LogP contribution in [-0.2, 0) is 9.59 Å². The summed E-state index contributed by atoms with van der Waals surface area (Å²) in [5, 5.41) is 12.9. The van der Waals surface area contributed by atoms with Gasteiger partial charge in [0.1, 0.15) is 17.7 Å². The monoisotopic (exact) mass is 694 g/mol. The van der Waals surface area contributed by atoms with Crippen LogP contribution in [0.15, 0.2) is 60.9 Å². The van der Waals surface area contributed by atoms with E-state index in [0.717, 1.165) is 83.0 Å². The number of nitrogens with zero attached hydrogens (tertiary/aromatic N) is 5. The zero-order chi connectivity index (χ0) is 36.2. The molecule has 4 aromatic rings. The summed E-state index contributed by atoms with van der Waals surface area (Å²) >= 11 is 0. The Balaban J connectivity index is 1.10. The van der Waals surface area contributed by atoms with E-state index >= 15 is 0 Å². The SMILES string of the molecule is CCC(C)NCC(=O)N1CCC[C@H]1c1ncc(-c2ccc(-c3ccc(-c4cnc([C@@H]5CCCN5C(=O)[C@H](C(C)C)N(C)C(=O)O)[nH]4)cc3)cc2)[nH]1. The molecule has 2 aromatic carbocycles. The van der Waals surface area contributed by atoms with Crippen molar-refractivity contribution in [3.8, 4) is 33.6 Å². The zero-order valence-corrected chi connectivity index (χ0v) is 30.2. The van der Waals surface area contributed by atoms with Crippen molar-refractivity contribution in [2.24, 2.45) is 5.92 Å². The van der Waals surface area contributed by atoms with Crippen LogP contribution in [0.5, 0.6) is 0 Å². The van der Waals surface area contributed by atoms with Gasteiger partial charge < -0.3 is 30.2 Å². The van der Waals surface area contributed by atoms with E-state index in [-0.39, 0.29) is 29.8 Å². The summed E-state index contributed by atoms with van der Waals surface area (Å²) in [5.74, 6) is 1.32. The molecule has 0 radical (unpaired) electrons. The molecule has 12 nitrogen and oxygen atoms in total. The van der Waals surface area contributed by atoms with E-state index in [2.05, 4.69) is 87.6 Å². The van der Waals surface area contributed by atoms with E-state index in [0.29, 0.717) is 25.0 Å². The Hall–Kier alpha value is -4.97. The average molecular weight is 695 g/mol. The maximum atomic E-state index is 13.6. The minimum absolute atomic E-state index is 0.0311. The van der Waals surface area contributed by atoms with Gasteiger partial charge in [-0.15, -0.1) is 0 Å². The van der Waals surface area contributed by atoms with Crippen LogP contribution >= 0.6 is 0 Å². The fraction of sp³-hybridized carbons (Fsp3) is 0.462. The Kier molecular flexibility index (Phi) is 10.9. The molecule has 2 aliphatic heterocycles. The van der Waals surface area contributed by atoms with Crippen LogP contribution in [0.25, 0.3) is 33.6 Å². The second-order valence-electron chi connectivity index (χ2n) is 14.2. The Morgan fingerprint density at radius 1 is 0.824 bits per heavy atom. The number of benzene rings is 2. The summed E-state index contributed by atoms with van der Waals surface area (Å²) in [6, 6.07) is 16.0. The second kappa shape index (κ2) is 15.5. The minimum Gasteiger partial charge on any atom is -0.465 e. The normalized spacial score (nSPS) is 18.7. The molecule has 0 spiro atoms. The van der Waals surface area contributed by atoms with Crippen molar-refractivity contribution in [2.75, 3.05) is 26.7 Å². The highest BCUT2D eigenvalue weighted by molar-refractivity contribution is 5.86.